The topological polar surface area (TPSA) is 26.3 Å². The van der Waals surface area contributed by atoms with Gasteiger partial charge in [-0.3, -0.25) is 0 Å². The van der Waals surface area contributed by atoms with E-state index in [1.807, 2.05) is 18.3 Å². The quantitative estimate of drug-likeness (QED) is 0.363. The number of hydrogen-bond acceptors (Lipinski definition) is 4. The zero-order chi connectivity index (χ0) is 15.5. The van der Waals surface area contributed by atoms with E-state index >= 15 is 0 Å². The molecule has 0 amide bonds. The molecule has 0 radical (unpaired) electrons. The van der Waals surface area contributed by atoms with E-state index in [1.165, 1.54) is 31.1 Å². The van der Waals surface area contributed by atoms with E-state index in [4.69, 9.17) is 4.74 Å². The first-order valence-electron chi connectivity index (χ1n) is 7.05. The van der Waals surface area contributed by atoms with Crippen molar-refractivity contribution in [2.45, 2.75) is 17.9 Å². The molecule has 3 rings (SSSR count). The highest BCUT2D eigenvalue weighted by molar-refractivity contribution is 7.99. The van der Waals surface area contributed by atoms with Crippen molar-refractivity contribution < 1.29 is 9.53 Å². The van der Waals surface area contributed by atoms with Crippen LogP contribution in [-0.2, 0) is 9.53 Å². The molecule has 1 unspecified atom stereocenters. The summed E-state index contributed by atoms with van der Waals surface area (Å²) in [6.07, 6.45) is 1.06. The number of carbonyl (C=O) groups excluding carboxylic acids is 1. The maximum absolute atomic E-state index is 11.2. The standard InChI is InChI=1S/C18H16O2S2/c1-3-17(19)20-12(2)11-21-16-10-6-8-14-13-7-4-5-9-15(13)22-18(14)16/h3-10,12H,1,11H2,2H3. The van der Waals surface area contributed by atoms with Crippen LogP contribution in [0.15, 0.2) is 60.0 Å². The number of esters is 1. The Balaban J connectivity index is 1.85. The van der Waals surface area contributed by atoms with Crippen LogP contribution in [0.1, 0.15) is 6.92 Å². The fourth-order valence-electron chi connectivity index (χ4n) is 2.32. The molecule has 0 saturated carbocycles. The molecule has 0 aliphatic carbocycles. The lowest BCUT2D eigenvalue weighted by atomic mass is 10.1. The van der Waals surface area contributed by atoms with Crippen molar-refractivity contribution in [3.8, 4) is 0 Å². The van der Waals surface area contributed by atoms with Gasteiger partial charge in [0.15, 0.2) is 0 Å². The number of thioether (sulfide) groups is 1. The van der Waals surface area contributed by atoms with Gasteiger partial charge in [0.1, 0.15) is 6.10 Å². The van der Waals surface area contributed by atoms with E-state index in [9.17, 15) is 4.79 Å². The molecule has 1 heterocycles. The van der Waals surface area contributed by atoms with Crippen LogP contribution in [0.4, 0.5) is 0 Å². The van der Waals surface area contributed by atoms with E-state index in [2.05, 4.69) is 49.0 Å². The average molecular weight is 328 g/mol. The maximum Gasteiger partial charge on any atom is 0.330 e. The second-order valence-corrected chi connectivity index (χ2v) is 7.11. The molecule has 0 aliphatic rings. The Kier molecular flexibility index (Phi) is 4.50. The molecule has 0 N–H and O–H groups in total. The van der Waals surface area contributed by atoms with Gasteiger partial charge in [-0.25, -0.2) is 4.79 Å². The number of benzene rings is 2. The normalized spacial score (nSPS) is 12.4. The third-order valence-electron chi connectivity index (χ3n) is 3.33. The fraction of sp³-hybridized carbons (Fsp3) is 0.167. The predicted octanol–water partition coefficient (Wildman–Crippen LogP) is 5.26. The van der Waals surface area contributed by atoms with Crippen molar-refractivity contribution in [3.05, 3.63) is 55.1 Å². The summed E-state index contributed by atoms with van der Waals surface area (Å²) in [5.41, 5.74) is 0. The molecule has 0 saturated heterocycles. The van der Waals surface area contributed by atoms with Gasteiger partial charge in [-0.1, -0.05) is 36.9 Å². The summed E-state index contributed by atoms with van der Waals surface area (Å²) in [5, 5.41) is 2.59. The van der Waals surface area contributed by atoms with Gasteiger partial charge in [0.2, 0.25) is 0 Å². The number of rotatable bonds is 5. The highest BCUT2D eigenvalue weighted by Crippen LogP contribution is 2.39. The molecule has 112 valence electrons. The smallest absolute Gasteiger partial charge is 0.330 e. The maximum atomic E-state index is 11.2. The van der Waals surface area contributed by atoms with E-state index < -0.39 is 0 Å². The van der Waals surface area contributed by atoms with Crippen molar-refractivity contribution in [2.24, 2.45) is 0 Å². The fourth-order valence-corrected chi connectivity index (χ4v) is 4.63. The lowest BCUT2D eigenvalue weighted by Crippen LogP contribution is -2.15. The highest BCUT2D eigenvalue weighted by Gasteiger charge is 2.11. The number of fused-ring (bicyclic) bond motifs is 3. The Bertz CT molecular complexity index is 835. The number of ether oxygens (including phenoxy) is 1. The average Bonchev–Trinajstić information content (AvgIpc) is 2.92. The molecule has 0 spiro atoms. The van der Waals surface area contributed by atoms with Crippen LogP contribution in [-0.4, -0.2) is 17.8 Å². The van der Waals surface area contributed by atoms with Crippen LogP contribution in [0.25, 0.3) is 20.2 Å². The van der Waals surface area contributed by atoms with Gasteiger partial charge < -0.3 is 4.74 Å². The summed E-state index contributed by atoms with van der Waals surface area (Å²) in [6.45, 7) is 5.32. The molecule has 22 heavy (non-hydrogen) atoms. The summed E-state index contributed by atoms with van der Waals surface area (Å²) in [6, 6.07) is 14.8. The zero-order valence-corrected chi connectivity index (χ0v) is 13.9. The predicted molar refractivity (Wildman–Crippen MR) is 95.8 cm³/mol. The van der Waals surface area contributed by atoms with Gasteiger partial charge in [0.05, 0.1) is 0 Å². The second kappa shape index (κ2) is 6.55. The molecule has 0 aliphatic heterocycles. The molecule has 2 nitrogen and oxygen atoms in total. The van der Waals surface area contributed by atoms with Crippen LogP contribution in [0.3, 0.4) is 0 Å². The third-order valence-corrected chi connectivity index (χ3v) is 5.96. The SMILES string of the molecule is C=CC(=O)OC(C)CSc1cccc2c1sc1ccccc12. The van der Waals surface area contributed by atoms with E-state index in [0.29, 0.717) is 0 Å². The number of thiophene rings is 1. The van der Waals surface area contributed by atoms with Gasteiger partial charge in [0.25, 0.3) is 0 Å². The Labute approximate surface area is 137 Å². The lowest BCUT2D eigenvalue weighted by molar-refractivity contribution is -0.141. The summed E-state index contributed by atoms with van der Waals surface area (Å²) < 4.78 is 7.82. The number of carbonyl (C=O) groups is 1. The highest BCUT2D eigenvalue weighted by atomic mass is 32.2. The van der Waals surface area contributed by atoms with E-state index in [1.54, 1.807) is 11.8 Å². The van der Waals surface area contributed by atoms with Crippen molar-refractivity contribution in [3.63, 3.8) is 0 Å². The summed E-state index contributed by atoms with van der Waals surface area (Å²) >= 11 is 3.54. The zero-order valence-electron chi connectivity index (χ0n) is 12.2. The van der Waals surface area contributed by atoms with Gasteiger partial charge in [-0.05, 0) is 19.1 Å². The molecule has 1 atom stereocenters. The minimum atomic E-state index is -0.367. The molecule has 0 fully saturated rings. The van der Waals surface area contributed by atoms with Crippen molar-refractivity contribution in [1.82, 2.24) is 0 Å². The minimum absolute atomic E-state index is 0.139. The Morgan fingerprint density at radius 3 is 2.86 bits per heavy atom. The van der Waals surface area contributed by atoms with Gasteiger partial charge in [-0.15, -0.1) is 23.1 Å². The second-order valence-electron chi connectivity index (χ2n) is 4.99. The van der Waals surface area contributed by atoms with Crippen molar-refractivity contribution >= 4 is 49.2 Å². The summed E-state index contributed by atoms with van der Waals surface area (Å²) in [4.78, 5) is 12.5. The first kappa shape index (κ1) is 15.1. The molecule has 1 aromatic heterocycles. The molecule has 2 aromatic carbocycles. The summed E-state index contributed by atoms with van der Waals surface area (Å²) in [5.74, 6) is 0.362. The Morgan fingerprint density at radius 2 is 2.05 bits per heavy atom. The van der Waals surface area contributed by atoms with Gasteiger partial charge in [0, 0.05) is 36.9 Å². The Morgan fingerprint density at radius 1 is 1.27 bits per heavy atom. The van der Waals surface area contributed by atoms with Gasteiger partial charge in [-0.2, -0.15) is 0 Å². The molecular weight excluding hydrogens is 312 g/mol. The van der Waals surface area contributed by atoms with Gasteiger partial charge >= 0.3 is 5.97 Å². The Hall–Kier alpha value is -1.78. The summed E-state index contributed by atoms with van der Waals surface area (Å²) in [7, 11) is 0. The van der Waals surface area contributed by atoms with Crippen LogP contribution in [0.5, 0.6) is 0 Å². The molecule has 3 aromatic rings. The largest absolute Gasteiger partial charge is 0.459 e. The van der Waals surface area contributed by atoms with Crippen LogP contribution >= 0.6 is 23.1 Å². The van der Waals surface area contributed by atoms with Crippen LogP contribution in [0, 0.1) is 0 Å². The van der Waals surface area contributed by atoms with Crippen LogP contribution in [0.2, 0.25) is 0 Å². The molecular formula is C18H16O2S2. The minimum Gasteiger partial charge on any atom is -0.459 e. The number of hydrogen-bond donors (Lipinski definition) is 0. The van der Waals surface area contributed by atoms with Crippen molar-refractivity contribution in [2.75, 3.05) is 5.75 Å². The van der Waals surface area contributed by atoms with Crippen molar-refractivity contribution in [1.29, 1.82) is 0 Å². The molecule has 0 bridgehead atoms. The first-order chi connectivity index (χ1) is 10.7. The van der Waals surface area contributed by atoms with E-state index in [0.717, 1.165) is 5.75 Å². The first-order valence-corrected chi connectivity index (χ1v) is 8.85. The molecule has 4 heteroatoms. The monoisotopic (exact) mass is 328 g/mol. The van der Waals surface area contributed by atoms with Crippen LogP contribution < -0.4 is 0 Å². The lowest BCUT2D eigenvalue weighted by Gasteiger charge is -2.11. The van der Waals surface area contributed by atoms with E-state index in [-0.39, 0.29) is 12.1 Å². The third kappa shape index (κ3) is 3.03.